The maximum atomic E-state index is 10.7. The summed E-state index contributed by atoms with van der Waals surface area (Å²) < 4.78 is 11.2. The van der Waals surface area contributed by atoms with Gasteiger partial charge in [-0.3, -0.25) is 0 Å². The Morgan fingerprint density at radius 3 is 2.25 bits per heavy atom. The molecule has 2 atom stereocenters. The molecule has 0 radical (unpaired) electrons. The molecule has 16 heavy (non-hydrogen) atoms. The average Bonchev–Trinajstić information content (AvgIpc) is 2.35. The fourth-order valence-corrected chi connectivity index (χ4v) is 3.10. The van der Waals surface area contributed by atoms with Crippen molar-refractivity contribution in [2.45, 2.75) is 64.3 Å². The maximum Gasteiger partial charge on any atom is 0.0933 e. The summed E-state index contributed by atoms with van der Waals surface area (Å²) in [6, 6.07) is 0. The van der Waals surface area contributed by atoms with Gasteiger partial charge in [-0.05, 0) is 40.5 Å². The standard InChI is InChI=1S/C13H26O3/c1-7-13(14,9-15-6)10-8-11(2,3)16-12(10,4)5/h10,14H,7-9H2,1-6H3. The molecule has 0 aromatic rings. The van der Waals surface area contributed by atoms with Gasteiger partial charge in [-0.2, -0.15) is 0 Å². The molecule has 1 fully saturated rings. The van der Waals surface area contributed by atoms with Crippen LogP contribution in [0.4, 0.5) is 0 Å². The summed E-state index contributed by atoms with van der Waals surface area (Å²) in [7, 11) is 1.63. The minimum atomic E-state index is -0.786. The van der Waals surface area contributed by atoms with E-state index < -0.39 is 5.60 Å². The summed E-state index contributed by atoms with van der Waals surface area (Å²) in [5.41, 5.74) is -1.25. The first kappa shape index (κ1) is 13.9. The van der Waals surface area contributed by atoms with Crippen molar-refractivity contribution in [2.75, 3.05) is 13.7 Å². The second-order valence-electron chi connectivity index (χ2n) is 6.11. The minimum Gasteiger partial charge on any atom is -0.387 e. The van der Waals surface area contributed by atoms with Crippen molar-refractivity contribution in [3.63, 3.8) is 0 Å². The Labute approximate surface area is 99.1 Å². The van der Waals surface area contributed by atoms with Crippen molar-refractivity contribution in [1.29, 1.82) is 0 Å². The van der Waals surface area contributed by atoms with Crippen LogP contribution in [-0.2, 0) is 9.47 Å². The molecule has 3 heteroatoms. The third-order valence-corrected chi connectivity index (χ3v) is 3.73. The van der Waals surface area contributed by atoms with Crippen molar-refractivity contribution in [1.82, 2.24) is 0 Å². The van der Waals surface area contributed by atoms with E-state index in [0.717, 1.165) is 6.42 Å². The van der Waals surface area contributed by atoms with Crippen LogP contribution < -0.4 is 0 Å². The highest BCUT2D eigenvalue weighted by molar-refractivity contribution is 5.03. The molecule has 1 aliphatic heterocycles. The molecule has 1 aliphatic rings. The van der Waals surface area contributed by atoms with Gasteiger partial charge >= 0.3 is 0 Å². The summed E-state index contributed by atoms with van der Waals surface area (Å²) in [4.78, 5) is 0. The highest BCUT2D eigenvalue weighted by Crippen LogP contribution is 2.47. The second kappa shape index (κ2) is 4.28. The van der Waals surface area contributed by atoms with Crippen LogP contribution in [0.3, 0.4) is 0 Å². The van der Waals surface area contributed by atoms with Crippen LogP contribution in [0, 0.1) is 5.92 Å². The Morgan fingerprint density at radius 1 is 1.38 bits per heavy atom. The zero-order chi connectivity index (χ0) is 12.6. The van der Waals surface area contributed by atoms with E-state index in [0.29, 0.717) is 13.0 Å². The van der Waals surface area contributed by atoms with Gasteiger partial charge in [0, 0.05) is 13.0 Å². The predicted molar refractivity (Wildman–Crippen MR) is 64.5 cm³/mol. The average molecular weight is 230 g/mol. The van der Waals surface area contributed by atoms with Crippen molar-refractivity contribution < 1.29 is 14.6 Å². The van der Waals surface area contributed by atoms with Gasteiger partial charge in [-0.15, -0.1) is 0 Å². The van der Waals surface area contributed by atoms with Crippen molar-refractivity contribution in [3.8, 4) is 0 Å². The number of rotatable bonds is 4. The SMILES string of the molecule is CCC(O)(COC)C1CC(C)(C)OC1(C)C. The van der Waals surface area contributed by atoms with Crippen LogP contribution in [0.15, 0.2) is 0 Å². The van der Waals surface area contributed by atoms with Gasteiger partial charge in [0.1, 0.15) is 0 Å². The first-order valence-electron chi connectivity index (χ1n) is 6.08. The summed E-state index contributed by atoms with van der Waals surface area (Å²) in [5, 5.41) is 10.7. The number of ether oxygens (including phenoxy) is 2. The first-order valence-corrected chi connectivity index (χ1v) is 6.08. The smallest absolute Gasteiger partial charge is 0.0933 e. The van der Waals surface area contributed by atoms with Crippen LogP contribution in [-0.4, -0.2) is 35.6 Å². The van der Waals surface area contributed by atoms with Gasteiger partial charge in [-0.1, -0.05) is 6.92 Å². The normalized spacial score (nSPS) is 31.3. The minimum absolute atomic E-state index is 0.111. The van der Waals surface area contributed by atoms with Crippen molar-refractivity contribution in [3.05, 3.63) is 0 Å². The Morgan fingerprint density at radius 2 is 1.94 bits per heavy atom. The molecule has 0 aliphatic carbocycles. The van der Waals surface area contributed by atoms with E-state index in [1.807, 2.05) is 6.92 Å². The molecule has 0 saturated carbocycles. The molecule has 1 saturated heterocycles. The molecule has 96 valence electrons. The molecule has 3 nitrogen and oxygen atoms in total. The molecule has 0 spiro atoms. The molecular weight excluding hydrogens is 204 g/mol. The Kier molecular flexibility index (Phi) is 3.73. The largest absolute Gasteiger partial charge is 0.387 e. The molecule has 0 amide bonds. The number of hydrogen-bond donors (Lipinski definition) is 1. The second-order valence-corrected chi connectivity index (χ2v) is 6.11. The summed E-state index contributed by atoms with van der Waals surface area (Å²) in [6.07, 6.45) is 1.56. The van der Waals surface area contributed by atoms with Gasteiger partial charge in [-0.25, -0.2) is 0 Å². The van der Waals surface area contributed by atoms with Crippen molar-refractivity contribution in [2.24, 2.45) is 5.92 Å². The third-order valence-electron chi connectivity index (χ3n) is 3.73. The molecule has 2 unspecified atom stereocenters. The Hall–Kier alpha value is -0.120. The van der Waals surface area contributed by atoms with E-state index in [9.17, 15) is 5.11 Å². The number of hydrogen-bond acceptors (Lipinski definition) is 3. The van der Waals surface area contributed by atoms with Crippen LogP contribution in [0.5, 0.6) is 0 Å². The van der Waals surface area contributed by atoms with E-state index in [2.05, 4.69) is 27.7 Å². The molecular formula is C13H26O3. The molecule has 0 bridgehead atoms. The topological polar surface area (TPSA) is 38.7 Å². The van der Waals surface area contributed by atoms with Gasteiger partial charge in [0.2, 0.25) is 0 Å². The predicted octanol–water partition coefficient (Wildman–Crippen LogP) is 2.37. The Bertz CT molecular complexity index is 248. The zero-order valence-corrected chi connectivity index (χ0v) is 11.5. The molecule has 0 aromatic carbocycles. The van der Waals surface area contributed by atoms with E-state index in [1.165, 1.54) is 0 Å². The van der Waals surface area contributed by atoms with Gasteiger partial charge in [0.25, 0.3) is 0 Å². The quantitative estimate of drug-likeness (QED) is 0.806. The molecule has 0 aromatic heterocycles. The van der Waals surface area contributed by atoms with Crippen LogP contribution in [0.2, 0.25) is 0 Å². The molecule has 1 rings (SSSR count). The third kappa shape index (κ3) is 2.58. The highest BCUT2D eigenvalue weighted by atomic mass is 16.5. The van der Waals surface area contributed by atoms with Gasteiger partial charge < -0.3 is 14.6 Å². The zero-order valence-electron chi connectivity index (χ0n) is 11.5. The van der Waals surface area contributed by atoms with E-state index in [-0.39, 0.29) is 17.1 Å². The lowest BCUT2D eigenvalue weighted by Gasteiger charge is -2.39. The molecule has 1 heterocycles. The van der Waals surface area contributed by atoms with Crippen molar-refractivity contribution >= 4 is 0 Å². The van der Waals surface area contributed by atoms with E-state index >= 15 is 0 Å². The van der Waals surface area contributed by atoms with Crippen LogP contribution in [0.25, 0.3) is 0 Å². The van der Waals surface area contributed by atoms with Gasteiger partial charge in [0.05, 0.1) is 23.4 Å². The van der Waals surface area contributed by atoms with Crippen LogP contribution >= 0.6 is 0 Å². The monoisotopic (exact) mass is 230 g/mol. The lowest BCUT2D eigenvalue weighted by molar-refractivity contribution is -0.133. The highest BCUT2D eigenvalue weighted by Gasteiger charge is 2.54. The lowest BCUT2D eigenvalue weighted by atomic mass is 9.73. The fraction of sp³-hybridized carbons (Fsp3) is 1.00. The first-order chi connectivity index (χ1) is 7.17. The number of methoxy groups -OCH3 is 1. The van der Waals surface area contributed by atoms with E-state index in [1.54, 1.807) is 7.11 Å². The maximum absolute atomic E-state index is 10.7. The summed E-state index contributed by atoms with van der Waals surface area (Å²) in [5.74, 6) is 0.111. The summed E-state index contributed by atoms with van der Waals surface area (Å²) in [6.45, 7) is 10.7. The number of aliphatic hydroxyl groups is 1. The van der Waals surface area contributed by atoms with E-state index in [4.69, 9.17) is 9.47 Å². The van der Waals surface area contributed by atoms with Gasteiger partial charge in [0.15, 0.2) is 0 Å². The molecule has 1 N–H and O–H groups in total. The Balaban J connectivity index is 2.94. The fourth-order valence-electron chi connectivity index (χ4n) is 3.10. The van der Waals surface area contributed by atoms with Crippen LogP contribution in [0.1, 0.15) is 47.5 Å². The summed E-state index contributed by atoms with van der Waals surface area (Å²) >= 11 is 0. The lowest BCUT2D eigenvalue weighted by Crippen LogP contribution is -2.49.